The van der Waals surface area contributed by atoms with Gasteiger partial charge in [0.25, 0.3) is 6.71 Å². The van der Waals surface area contributed by atoms with Crippen LogP contribution in [0.25, 0.3) is 160 Å². The number of hydrogen-bond acceptors (Lipinski definition) is 3. The van der Waals surface area contributed by atoms with Gasteiger partial charge in [-0.05, 0) is 255 Å². The molecule has 2 aliphatic heterocycles. The smallest absolute Gasteiger partial charge is 0.252 e. The van der Waals surface area contributed by atoms with Crippen molar-refractivity contribution in [2.75, 3.05) is 9.80 Å². The molecule has 17 aromatic carbocycles. The zero-order chi connectivity index (χ0) is 98.5. The molecule has 0 aliphatic carbocycles. The van der Waals surface area contributed by atoms with Crippen LogP contribution in [0.2, 0.25) is 0 Å². The molecule has 0 unspecified atom stereocenters. The monoisotopic (exact) mass is 1730 g/mol. The SMILES string of the molecule is [2H]c1c([2H])c([2H])c2c(c1[2H])c1c([2H])c([2H])c([2H])c([2H])c1n2-c1cc(-c2cc3c4c(c2)N(c2c(-c5ccccc5)cc(C(C)(C)C)cc2-c2ccccc2)c2cc(-n5c6ccc(C(C)(C)C)cc6c6cc(C(C)(C)C)ccc65)ccc2B4c2ccc(-n4c5ccc(C(C)(C)C)cc5c5cc(C(C)(C)C)ccc54)cc2N3c2c(-c3ccccc3)cc(C(C)(C)C)cc2-c2ccccc2)cc2c1oc1ccccc12. The maximum Gasteiger partial charge on any atom is 0.252 e. The van der Waals surface area contributed by atoms with E-state index in [1.807, 2.05) is 30.3 Å². The van der Waals surface area contributed by atoms with Crippen LogP contribution in [0.5, 0.6) is 0 Å². The maximum absolute atomic E-state index is 10.2. The van der Waals surface area contributed by atoms with E-state index in [1.54, 1.807) is 4.57 Å². The molecule has 0 saturated heterocycles. The number of fused-ring (bicyclic) bond motifs is 16. The summed E-state index contributed by atoms with van der Waals surface area (Å²) in [6, 6.07) is 110. The fourth-order valence-electron chi connectivity index (χ4n) is 21.1. The maximum atomic E-state index is 10.2. The number of para-hydroxylation sites is 3. The molecule has 0 atom stereocenters. The van der Waals surface area contributed by atoms with Gasteiger partial charge < -0.3 is 27.9 Å². The van der Waals surface area contributed by atoms with Crippen LogP contribution >= 0.6 is 0 Å². The fourth-order valence-corrected chi connectivity index (χ4v) is 21.1. The second-order valence-corrected chi connectivity index (χ2v) is 43.2. The van der Waals surface area contributed by atoms with Gasteiger partial charge in [-0.3, -0.25) is 0 Å². The number of hydrogen-bond donors (Lipinski definition) is 0. The van der Waals surface area contributed by atoms with Crippen LogP contribution in [0.1, 0.15) is 169 Å². The van der Waals surface area contributed by atoms with Crippen molar-refractivity contribution < 1.29 is 15.4 Å². The summed E-state index contributed by atoms with van der Waals surface area (Å²) in [7, 11) is 0. The quantitative estimate of drug-likeness (QED) is 0.128. The Balaban J connectivity index is 0.951. The third kappa shape index (κ3) is 13.5. The van der Waals surface area contributed by atoms with Gasteiger partial charge in [-0.25, -0.2) is 0 Å². The zero-order valence-corrected chi connectivity index (χ0v) is 79.1. The van der Waals surface area contributed by atoms with Crippen molar-refractivity contribution in [3.8, 4) is 72.7 Å². The van der Waals surface area contributed by atoms with E-state index in [4.69, 9.17) is 4.42 Å². The molecule has 133 heavy (non-hydrogen) atoms. The Hall–Kier alpha value is -14.4. The molecule has 6 nitrogen and oxygen atoms in total. The normalized spacial score (nSPS) is 14.1. The average Bonchev–Trinajstić information content (AvgIpc) is 1.55. The van der Waals surface area contributed by atoms with E-state index in [2.05, 4.69) is 417 Å². The van der Waals surface area contributed by atoms with Crippen LogP contribution in [0.4, 0.5) is 34.1 Å². The lowest BCUT2D eigenvalue weighted by molar-refractivity contribution is 0.590. The number of furan rings is 1. The molecule has 0 amide bonds. The first-order valence-corrected chi connectivity index (χ1v) is 46.9. The summed E-state index contributed by atoms with van der Waals surface area (Å²) >= 11 is 0. The second-order valence-electron chi connectivity index (χ2n) is 43.2. The molecular weight excluding hydrogens is 1610 g/mol. The molecule has 0 fully saturated rings. The Morgan fingerprint density at radius 2 is 0.564 bits per heavy atom. The van der Waals surface area contributed by atoms with Crippen LogP contribution < -0.4 is 26.2 Å². The number of benzene rings is 17. The number of rotatable bonds is 10. The third-order valence-corrected chi connectivity index (χ3v) is 28.4. The van der Waals surface area contributed by atoms with Crippen molar-refractivity contribution in [2.45, 2.75) is 157 Å². The highest BCUT2D eigenvalue weighted by Crippen LogP contribution is 2.57. The minimum absolute atomic E-state index is 0.0244. The summed E-state index contributed by atoms with van der Waals surface area (Å²) in [5.41, 5.74) is 31.5. The van der Waals surface area contributed by atoms with Crippen molar-refractivity contribution >= 4 is 145 Å². The van der Waals surface area contributed by atoms with Crippen LogP contribution in [-0.4, -0.2) is 20.4 Å². The van der Waals surface area contributed by atoms with Crippen molar-refractivity contribution in [3.63, 3.8) is 0 Å². The summed E-state index contributed by atoms with van der Waals surface area (Å²) in [5, 5.41) is 6.01. The zero-order valence-electron chi connectivity index (χ0n) is 87.1. The van der Waals surface area contributed by atoms with Gasteiger partial charge in [-0.15, -0.1) is 0 Å². The van der Waals surface area contributed by atoms with Gasteiger partial charge in [-0.1, -0.05) is 337 Å². The van der Waals surface area contributed by atoms with Crippen LogP contribution in [0, 0.1) is 0 Å². The van der Waals surface area contributed by atoms with E-state index in [9.17, 15) is 11.0 Å². The fraction of sp³-hybridized carbons (Fsp3) is 0.190. The molecule has 23 rings (SSSR count). The van der Waals surface area contributed by atoms with E-state index in [0.29, 0.717) is 27.8 Å². The van der Waals surface area contributed by atoms with Crippen LogP contribution in [-0.2, 0) is 32.5 Å². The Labute approximate surface area is 793 Å². The van der Waals surface area contributed by atoms with E-state index in [1.165, 1.54) is 43.8 Å². The molecule has 0 saturated carbocycles. The third-order valence-electron chi connectivity index (χ3n) is 28.4. The minimum atomic E-state index is -0.531. The van der Waals surface area contributed by atoms with E-state index >= 15 is 0 Å². The predicted octanol–water partition coefficient (Wildman–Crippen LogP) is 33.1. The second kappa shape index (κ2) is 30.1. The molecule has 4 aromatic heterocycles. The van der Waals surface area contributed by atoms with Crippen molar-refractivity contribution in [3.05, 3.63) is 385 Å². The highest BCUT2D eigenvalue weighted by atomic mass is 16.3. The van der Waals surface area contributed by atoms with Gasteiger partial charge >= 0.3 is 0 Å². The van der Waals surface area contributed by atoms with E-state index in [-0.39, 0.29) is 54.3 Å². The average molecular weight is 1730 g/mol. The molecule has 7 heteroatoms. The van der Waals surface area contributed by atoms with Gasteiger partial charge in [0.05, 0.1) is 61.1 Å². The largest absolute Gasteiger partial charge is 0.454 e. The summed E-state index contributed by atoms with van der Waals surface area (Å²) in [4.78, 5) is 5.24. The van der Waals surface area contributed by atoms with Crippen LogP contribution in [0.3, 0.4) is 0 Å². The van der Waals surface area contributed by atoms with Crippen LogP contribution in [0.15, 0.2) is 356 Å². The topological polar surface area (TPSA) is 34.4 Å². The number of nitrogens with zero attached hydrogens (tertiary/aromatic N) is 5. The molecule has 2 aliphatic rings. The molecule has 0 N–H and O–H groups in total. The molecule has 6 heterocycles. The van der Waals surface area contributed by atoms with Crippen molar-refractivity contribution in [1.82, 2.24) is 13.7 Å². The molecule has 650 valence electrons. The van der Waals surface area contributed by atoms with Gasteiger partial charge in [0.15, 0.2) is 5.58 Å². The molecule has 0 radical (unpaired) electrons. The first kappa shape index (κ1) is 74.3. The summed E-state index contributed by atoms with van der Waals surface area (Å²) < 4.78 is 91.8. The van der Waals surface area contributed by atoms with E-state index in [0.717, 1.165) is 151 Å². The summed E-state index contributed by atoms with van der Waals surface area (Å²) in [6.07, 6.45) is 0. The Kier molecular flexibility index (Phi) is 16.8. The lowest BCUT2D eigenvalue weighted by Gasteiger charge is -2.46. The number of anilines is 6. The molecular formula is C126H112BN5O. The Morgan fingerprint density at radius 3 is 0.917 bits per heavy atom. The molecule has 0 bridgehead atoms. The number of aromatic nitrogens is 3. The Bertz CT molecular complexity index is 8180. The van der Waals surface area contributed by atoms with Crippen molar-refractivity contribution in [2.24, 2.45) is 0 Å². The minimum Gasteiger partial charge on any atom is -0.454 e. The van der Waals surface area contributed by atoms with Gasteiger partial charge in [0.2, 0.25) is 0 Å². The Morgan fingerprint density at radius 1 is 0.241 bits per heavy atom. The van der Waals surface area contributed by atoms with Gasteiger partial charge in [-0.2, -0.15) is 0 Å². The standard InChI is InChI=1S/C126H112BN5O/c1-121(2,3)83-51-59-107-98(67-83)99-68-84(122(4,5)6)52-60-108(99)128(107)89-55-57-103-111(75-89)131(118-94(77-37-23-19-24-38-77)71-87(125(13,14)15)72-95(118)78-39-25-20-26-40-78)113-64-82(81-63-102-93-47-33-36-50-116(93)133-120(102)115(66-81)130-105-48-34-31-45-91(105)92-46-32-35-49-106(92)130)65-114-117(113)127(103)104-58-56-90(129-109-61-53-85(123(7,8)9)69-100(109)101-70-86(124(10,11)12)54-62-110(101)129)76-112(104)132(114)119-96(79-41-27-21-28-42-79)73-88(126(16,17)18)74-97(119)80-43-29-22-30-44-80/h19-76H,1-18H3/i31D,32D,34D,35D,45D,46D,48D,49D. The first-order valence-electron chi connectivity index (χ1n) is 50.9. The molecule has 21 aromatic rings. The lowest BCUT2D eigenvalue weighted by atomic mass is 9.33. The predicted molar refractivity (Wildman–Crippen MR) is 570 cm³/mol. The highest BCUT2D eigenvalue weighted by Gasteiger charge is 2.47. The van der Waals surface area contributed by atoms with Gasteiger partial charge in [0.1, 0.15) is 5.58 Å². The van der Waals surface area contributed by atoms with Crippen molar-refractivity contribution in [1.29, 1.82) is 0 Å². The van der Waals surface area contributed by atoms with Gasteiger partial charge in [0, 0.05) is 99.5 Å². The highest BCUT2D eigenvalue weighted by molar-refractivity contribution is 7.00. The summed E-state index contributed by atoms with van der Waals surface area (Å²) in [6.45, 7) is 40.9. The van der Waals surface area contributed by atoms with E-state index < -0.39 is 55.1 Å². The lowest BCUT2D eigenvalue weighted by Crippen LogP contribution is -2.61. The summed E-state index contributed by atoms with van der Waals surface area (Å²) in [5.74, 6) is 0. The molecule has 0 spiro atoms. The first-order chi connectivity index (χ1) is 67.1.